The minimum Gasteiger partial charge on any atom is -0.352 e. The van der Waals surface area contributed by atoms with Crippen LogP contribution in [-0.4, -0.2) is 51.2 Å². The van der Waals surface area contributed by atoms with Crippen LogP contribution < -0.4 is 4.90 Å². The van der Waals surface area contributed by atoms with Crippen LogP contribution in [0.5, 0.6) is 0 Å². The molecule has 1 atom stereocenters. The Balaban J connectivity index is 0.00000240. The summed E-state index contributed by atoms with van der Waals surface area (Å²) >= 11 is 0. The summed E-state index contributed by atoms with van der Waals surface area (Å²) < 4.78 is 13.3. The molecule has 1 N–H and O–H groups in total. The molecule has 4 rings (SSSR count). The highest BCUT2D eigenvalue weighted by Crippen LogP contribution is 2.31. The largest absolute Gasteiger partial charge is 0.352 e. The fourth-order valence-corrected chi connectivity index (χ4v) is 4.03. The molecule has 0 spiro atoms. The van der Waals surface area contributed by atoms with E-state index in [1.807, 2.05) is 12.4 Å². The predicted octanol–water partition coefficient (Wildman–Crippen LogP) is 3.95. The third-order valence-corrected chi connectivity index (χ3v) is 5.30. The second-order valence-corrected chi connectivity index (χ2v) is 7.48. The van der Waals surface area contributed by atoms with Gasteiger partial charge in [0.2, 0.25) is 0 Å². The number of hydrogen-bond acceptors (Lipinski definition) is 5. The van der Waals surface area contributed by atoms with Crippen molar-refractivity contribution in [2.75, 3.05) is 31.1 Å². The van der Waals surface area contributed by atoms with Crippen molar-refractivity contribution in [2.24, 2.45) is 5.92 Å². The first kappa shape index (κ1) is 21.2. The van der Waals surface area contributed by atoms with Crippen LogP contribution in [0.2, 0.25) is 0 Å². The second-order valence-electron chi connectivity index (χ2n) is 7.48. The molecular weight excluding hydrogens is 391 g/mol. The number of rotatable bonds is 5. The molecule has 0 bridgehead atoms. The Morgan fingerprint density at radius 2 is 1.69 bits per heavy atom. The topological polar surface area (TPSA) is 60.9 Å². The molecule has 8 heteroatoms. The molecular formula is C21H26ClFN6. The first-order valence-corrected chi connectivity index (χ1v) is 9.68. The van der Waals surface area contributed by atoms with Crippen LogP contribution in [0.1, 0.15) is 25.5 Å². The lowest BCUT2D eigenvalue weighted by Crippen LogP contribution is -2.49. The van der Waals surface area contributed by atoms with E-state index in [0.717, 1.165) is 43.3 Å². The Kier molecular flexibility index (Phi) is 6.82. The minimum absolute atomic E-state index is 0. The average molecular weight is 417 g/mol. The van der Waals surface area contributed by atoms with Gasteiger partial charge in [0.05, 0.1) is 6.20 Å². The highest BCUT2D eigenvalue weighted by Gasteiger charge is 2.29. The maximum Gasteiger partial charge on any atom is 0.155 e. The van der Waals surface area contributed by atoms with E-state index in [1.54, 1.807) is 24.5 Å². The third kappa shape index (κ3) is 4.57. The summed E-state index contributed by atoms with van der Waals surface area (Å²) in [4.78, 5) is 13.9. The van der Waals surface area contributed by atoms with Crippen molar-refractivity contribution in [2.45, 2.75) is 19.9 Å². The van der Waals surface area contributed by atoms with E-state index in [0.29, 0.717) is 12.0 Å². The lowest BCUT2D eigenvalue weighted by molar-refractivity contribution is 0.146. The molecule has 0 aliphatic carbocycles. The summed E-state index contributed by atoms with van der Waals surface area (Å²) in [5.41, 5.74) is 2.91. The van der Waals surface area contributed by atoms with E-state index in [1.165, 1.54) is 17.7 Å². The normalized spacial score (nSPS) is 15.9. The first-order valence-electron chi connectivity index (χ1n) is 9.68. The van der Waals surface area contributed by atoms with Crippen molar-refractivity contribution in [1.82, 2.24) is 25.1 Å². The van der Waals surface area contributed by atoms with Crippen molar-refractivity contribution >= 4 is 18.2 Å². The summed E-state index contributed by atoms with van der Waals surface area (Å²) in [6.07, 6.45) is 7.32. The number of nitrogens with zero attached hydrogens (tertiary/aromatic N) is 5. The summed E-state index contributed by atoms with van der Waals surface area (Å²) in [5.74, 6) is 1.11. The van der Waals surface area contributed by atoms with E-state index >= 15 is 0 Å². The molecule has 0 radical (unpaired) electrons. The van der Waals surface area contributed by atoms with Crippen LogP contribution in [-0.2, 0) is 0 Å². The van der Waals surface area contributed by atoms with Gasteiger partial charge in [-0.15, -0.1) is 12.4 Å². The van der Waals surface area contributed by atoms with E-state index < -0.39 is 0 Å². The van der Waals surface area contributed by atoms with Gasteiger partial charge in [0.25, 0.3) is 0 Å². The lowest BCUT2D eigenvalue weighted by Gasteiger charge is -2.41. The number of halogens is 2. The van der Waals surface area contributed by atoms with Crippen LogP contribution in [0.4, 0.5) is 10.2 Å². The summed E-state index contributed by atoms with van der Waals surface area (Å²) in [6, 6.07) is 6.78. The summed E-state index contributed by atoms with van der Waals surface area (Å²) in [7, 11) is 0. The van der Waals surface area contributed by atoms with Gasteiger partial charge < -0.3 is 4.90 Å². The number of benzene rings is 1. The zero-order valence-electron chi connectivity index (χ0n) is 16.6. The van der Waals surface area contributed by atoms with Crippen molar-refractivity contribution in [3.63, 3.8) is 0 Å². The maximum atomic E-state index is 13.3. The molecule has 1 aliphatic heterocycles. The Morgan fingerprint density at radius 3 is 2.31 bits per heavy atom. The van der Waals surface area contributed by atoms with Crippen LogP contribution >= 0.6 is 12.4 Å². The fourth-order valence-electron chi connectivity index (χ4n) is 4.03. The SMILES string of the molecule is CC(C)C(c1cn[nH]c1)N1CCN(c2nccnc2-c2ccc(F)cc2)CC1.Cl. The van der Waals surface area contributed by atoms with Crippen molar-refractivity contribution < 1.29 is 4.39 Å². The minimum atomic E-state index is -0.248. The predicted molar refractivity (Wildman–Crippen MR) is 115 cm³/mol. The van der Waals surface area contributed by atoms with Gasteiger partial charge in [-0.3, -0.25) is 15.0 Å². The van der Waals surface area contributed by atoms with Crippen LogP contribution in [0.25, 0.3) is 11.3 Å². The molecule has 1 aromatic carbocycles. The zero-order chi connectivity index (χ0) is 19.5. The second kappa shape index (κ2) is 9.33. The standard InChI is InChI=1S/C21H25FN6.ClH/c1-15(2)20(17-13-25-26-14-17)27-9-11-28(12-10-27)21-19(23-7-8-24-21)16-3-5-18(22)6-4-16;/h3-8,13-15,20H,9-12H2,1-2H3,(H,25,26);1H. The molecule has 6 nitrogen and oxygen atoms in total. The highest BCUT2D eigenvalue weighted by atomic mass is 35.5. The van der Waals surface area contributed by atoms with Gasteiger partial charge in [-0.1, -0.05) is 13.8 Å². The summed E-state index contributed by atoms with van der Waals surface area (Å²) in [6.45, 7) is 8.11. The molecule has 1 fully saturated rings. The number of hydrogen-bond donors (Lipinski definition) is 1. The van der Waals surface area contributed by atoms with E-state index in [9.17, 15) is 4.39 Å². The Labute approximate surface area is 176 Å². The molecule has 3 heterocycles. The fraction of sp³-hybridized carbons (Fsp3) is 0.381. The van der Waals surface area contributed by atoms with Crippen molar-refractivity contribution in [1.29, 1.82) is 0 Å². The molecule has 0 amide bonds. The molecule has 1 saturated heterocycles. The highest BCUT2D eigenvalue weighted by molar-refractivity contribution is 5.85. The van der Waals surface area contributed by atoms with Crippen molar-refractivity contribution in [3.05, 3.63) is 60.4 Å². The molecule has 29 heavy (non-hydrogen) atoms. The number of anilines is 1. The quantitative estimate of drug-likeness (QED) is 0.682. The molecule has 154 valence electrons. The average Bonchev–Trinajstić information content (AvgIpc) is 3.23. The van der Waals surface area contributed by atoms with Gasteiger partial charge >= 0.3 is 0 Å². The van der Waals surface area contributed by atoms with Crippen LogP contribution in [0.3, 0.4) is 0 Å². The molecule has 1 aliphatic rings. The van der Waals surface area contributed by atoms with Gasteiger partial charge in [0, 0.05) is 61.9 Å². The zero-order valence-corrected chi connectivity index (χ0v) is 17.4. The molecule has 3 aromatic rings. The molecule has 0 saturated carbocycles. The summed E-state index contributed by atoms with van der Waals surface area (Å²) in [5, 5.41) is 7.06. The van der Waals surface area contributed by atoms with Gasteiger partial charge in [-0.2, -0.15) is 5.10 Å². The van der Waals surface area contributed by atoms with Crippen molar-refractivity contribution in [3.8, 4) is 11.3 Å². The number of piperazine rings is 1. The number of aromatic nitrogens is 4. The third-order valence-electron chi connectivity index (χ3n) is 5.30. The van der Waals surface area contributed by atoms with Crippen LogP contribution in [0, 0.1) is 11.7 Å². The van der Waals surface area contributed by atoms with E-state index in [4.69, 9.17) is 0 Å². The lowest BCUT2D eigenvalue weighted by atomic mass is 9.96. The smallest absolute Gasteiger partial charge is 0.155 e. The van der Waals surface area contributed by atoms with E-state index in [-0.39, 0.29) is 18.2 Å². The van der Waals surface area contributed by atoms with Gasteiger partial charge in [0.15, 0.2) is 5.82 Å². The van der Waals surface area contributed by atoms with Gasteiger partial charge in [0.1, 0.15) is 11.5 Å². The Hall–Kier alpha value is -2.51. The maximum absolute atomic E-state index is 13.3. The Morgan fingerprint density at radius 1 is 1.00 bits per heavy atom. The van der Waals surface area contributed by atoms with Gasteiger partial charge in [-0.25, -0.2) is 9.37 Å². The molecule has 2 aromatic heterocycles. The number of H-pyrrole nitrogens is 1. The molecule has 1 unspecified atom stereocenters. The Bertz CT molecular complexity index is 892. The van der Waals surface area contributed by atoms with E-state index in [2.05, 4.69) is 43.8 Å². The first-order chi connectivity index (χ1) is 13.6. The van der Waals surface area contributed by atoms with Crippen LogP contribution in [0.15, 0.2) is 49.1 Å². The monoisotopic (exact) mass is 416 g/mol. The van der Waals surface area contributed by atoms with Gasteiger partial charge in [-0.05, 0) is 30.2 Å². The number of nitrogens with one attached hydrogen (secondary N) is 1. The number of aromatic amines is 1.